The van der Waals surface area contributed by atoms with Crippen LogP contribution in [-0.4, -0.2) is 25.7 Å². The van der Waals surface area contributed by atoms with Crippen molar-refractivity contribution in [1.82, 2.24) is 5.32 Å². The molecule has 0 spiro atoms. The van der Waals surface area contributed by atoms with E-state index in [4.69, 9.17) is 10.5 Å². The van der Waals surface area contributed by atoms with Crippen molar-refractivity contribution in [3.05, 3.63) is 30.3 Å². The van der Waals surface area contributed by atoms with E-state index in [1.165, 1.54) is 0 Å². The van der Waals surface area contributed by atoms with Gasteiger partial charge in [0.05, 0.1) is 6.61 Å². The Kier molecular flexibility index (Phi) is 11.2. The van der Waals surface area contributed by atoms with Crippen LogP contribution in [-0.2, 0) is 0 Å². The van der Waals surface area contributed by atoms with Crippen LogP contribution in [0.3, 0.4) is 0 Å². The fraction of sp³-hybridized carbons (Fsp3) is 0.533. The molecule has 0 aliphatic heterocycles. The maximum absolute atomic E-state index is 5.75. The first-order valence-electron chi connectivity index (χ1n) is 6.90. The molecular weight excluding hydrogens is 365 g/mol. The van der Waals surface area contributed by atoms with Crippen molar-refractivity contribution in [2.45, 2.75) is 26.7 Å². The first-order valence-corrected chi connectivity index (χ1v) is 6.90. The number of ether oxygens (including phenoxy) is 1. The fourth-order valence-electron chi connectivity index (χ4n) is 1.52. The maximum atomic E-state index is 5.75. The lowest BCUT2D eigenvalue weighted by molar-refractivity contribution is 0.313. The Labute approximate surface area is 139 Å². The molecule has 0 saturated heterocycles. The number of benzene rings is 1. The Morgan fingerprint density at radius 1 is 1.30 bits per heavy atom. The predicted molar refractivity (Wildman–Crippen MR) is 95.9 cm³/mol. The average molecular weight is 391 g/mol. The maximum Gasteiger partial charge on any atom is 0.188 e. The highest BCUT2D eigenvalue weighted by Crippen LogP contribution is 2.08. The van der Waals surface area contributed by atoms with Gasteiger partial charge in [-0.05, 0) is 24.5 Å². The third-order valence-electron chi connectivity index (χ3n) is 2.62. The van der Waals surface area contributed by atoms with Crippen molar-refractivity contribution in [3.63, 3.8) is 0 Å². The van der Waals surface area contributed by atoms with Gasteiger partial charge in [0.25, 0.3) is 0 Å². The number of nitrogens with one attached hydrogen (secondary N) is 1. The zero-order chi connectivity index (χ0) is 13.9. The molecule has 0 aliphatic rings. The van der Waals surface area contributed by atoms with Crippen LogP contribution in [0.5, 0.6) is 5.75 Å². The van der Waals surface area contributed by atoms with E-state index >= 15 is 0 Å². The smallest absolute Gasteiger partial charge is 0.188 e. The quantitative estimate of drug-likeness (QED) is 0.310. The van der Waals surface area contributed by atoms with Crippen molar-refractivity contribution in [2.75, 3.05) is 19.7 Å². The second-order valence-electron chi connectivity index (χ2n) is 4.89. The van der Waals surface area contributed by atoms with Crippen LogP contribution in [0.1, 0.15) is 26.7 Å². The van der Waals surface area contributed by atoms with Gasteiger partial charge in [0, 0.05) is 19.5 Å². The second kappa shape index (κ2) is 11.8. The molecule has 0 aliphatic carbocycles. The summed E-state index contributed by atoms with van der Waals surface area (Å²) in [6, 6.07) is 9.80. The van der Waals surface area contributed by atoms with Gasteiger partial charge in [-0.15, -0.1) is 24.0 Å². The van der Waals surface area contributed by atoms with E-state index in [-0.39, 0.29) is 24.0 Å². The molecule has 1 rings (SSSR count). The van der Waals surface area contributed by atoms with Crippen LogP contribution in [0, 0.1) is 5.92 Å². The highest BCUT2D eigenvalue weighted by atomic mass is 127. The van der Waals surface area contributed by atoms with Gasteiger partial charge in [0.15, 0.2) is 5.96 Å². The molecule has 114 valence electrons. The molecule has 20 heavy (non-hydrogen) atoms. The third-order valence-corrected chi connectivity index (χ3v) is 2.62. The summed E-state index contributed by atoms with van der Waals surface area (Å²) in [5.41, 5.74) is 5.75. The molecule has 0 saturated carbocycles. The van der Waals surface area contributed by atoms with E-state index in [0.717, 1.165) is 25.1 Å². The van der Waals surface area contributed by atoms with E-state index in [1.54, 1.807) is 0 Å². The lowest BCUT2D eigenvalue weighted by atomic mass is 10.1. The summed E-state index contributed by atoms with van der Waals surface area (Å²) in [7, 11) is 0. The third kappa shape index (κ3) is 9.89. The van der Waals surface area contributed by atoms with Crippen LogP contribution >= 0.6 is 24.0 Å². The highest BCUT2D eigenvalue weighted by molar-refractivity contribution is 14.0. The molecular formula is C15H26IN3O. The molecule has 4 nitrogen and oxygen atoms in total. The van der Waals surface area contributed by atoms with Crippen LogP contribution in [0.15, 0.2) is 35.3 Å². The number of para-hydroxylation sites is 1. The molecule has 0 aromatic heterocycles. The summed E-state index contributed by atoms with van der Waals surface area (Å²) < 4.78 is 5.57. The number of hydrogen-bond acceptors (Lipinski definition) is 2. The fourth-order valence-corrected chi connectivity index (χ4v) is 1.52. The SMILES string of the molecule is CC(C)CCNC(N)=NCCCOc1ccccc1.I. The van der Waals surface area contributed by atoms with Gasteiger partial charge in [0.1, 0.15) is 5.75 Å². The molecule has 1 aromatic rings. The van der Waals surface area contributed by atoms with E-state index in [9.17, 15) is 0 Å². The van der Waals surface area contributed by atoms with Crippen LogP contribution in [0.2, 0.25) is 0 Å². The van der Waals surface area contributed by atoms with Gasteiger partial charge in [-0.1, -0.05) is 32.0 Å². The van der Waals surface area contributed by atoms with Crippen LogP contribution < -0.4 is 15.8 Å². The van der Waals surface area contributed by atoms with Gasteiger partial charge in [0.2, 0.25) is 0 Å². The molecule has 0 bridgehead atoms. The zero-order valence-electron chi connectivity index (χ0n) is 12.3. The first kappa shape index (κ1) is 19.0. The zero-order valence-corrected chi connectivity index (χ0v) is 14.7. The molecule has 0 radical (unpaired) electrons. The van der Waals surface area contributed by atoms with Crippen molar-refractivity contribution in [3.8, 4) is 5.75 Å². The normalized spacial score (nSPS) is 11.1. The minimum atomic E-state index is 0. The Bertz CT molecular complexity index is 369. The number of guanidine groups is 1. The molecule has 0 atom stereocenters. The van der Waals surface area contributed by atoms with Crippen LogP contribution in [0.25, 0.3) is 0 Å². The number of nitrogens with zero attached hydrogens (tertiary/aromatic N) is 1. The first-order chi connectivity index (χ1) is 9.18. The van der Waals surface area contributed by atoms with Gasteiger partial charge >= 0.3 is 0 Å². The van der Waals surface area contributed by atoms with Gasteiger partial charge in [-0.2, -0.15) is 0 Å². The Hall–Kier alpha value is -0.980. The monoisotopic (exact) mass is 391 g/mol. The Morgan fingerprint density at radius 2 is 2.00 bits per heavy atom. The van der Waals surface area contributed by atoms with E-state index in [1.807, 2.05) is 30.3 Å². The van der Waals surface area contributed by atoms with Crippen molar-refractivity contribution in [2.24, 2.45) is 16.6 Å². The van der Waals surface area contributed by atoms with E-state index in [0.29, 0.717) is 25.0 Å². The molecule has 0 unspecified atom stereocenters. The molecule has 0 amide bonds. The summed E-state index contributed by atoms with van der Waals surface area (Å²) in [5, 5.41) is 3.11. The lowest BCUT2D eigenvalue weighted by Gasteiger charge is -2.07. The Balaban J connectivity index is 0.00000361. The Morgan fingerprint density at radius 3 is 2.65 bits per heavy atom. The van der Waals surface area contributed by atoms with E-state index in [2.05, 4.69) is 24.2 Å². The molecule has 1 aromatic carbocycles. The highest BCUT2D eigenvalue weighted by Gasteiger charge is 1.95. The molecule has 0 heterocycles. The topological polar surface area (TPSA) is 59.6 Å². The van der Waals surface area contributed by atoms with Crippen LogP contribution in [0.4, 0.5) is 0 Å². The minimum absolute atomic E-state index is 0. The summed E-state index contributed by atoms with van der Waals surface area (Å²) >= 11 is 0. The van der Waals surface area contributed by atoms with Gasteiger partial charge in [-0.3, -0.25) is 4.99 Å². The van der Waals surface area contributed by atoms with Gasteiger partial charge < -0.3 is 15.8 Å². The lowest BCUT2D eigenvalue weighted by Crippen LogP contribution is -2.33. The summed E-state index contributed by atoms with van der Waals surface area (Å²) in [4.78, 5) is 4.26. The molecule has 5 heteroatoms. The van der Waals surface area contributed by atoms with Crippen molar-refractivity contribution in [1.29, 1.82) is 0 Å². The van der Waals surface area contributed by atoms with Crippen molar-refractivity contribution >= 4 is 29.9 Å². The minimum Gasteiger partial charge on any atom is -0.494 e. The molecule has 3 N–H and O–H groups in total. The number of hydrogen-bond donors (Lipinski definition) is 2. The average Bonchev–Trinajstić information content (AvgIpc) is 2.39. The van der Waals surface area contributed by atoms with Crippen molar-refractivity contribution < 1.29 is 4.74 Å². The summed E-state index contributed by atoms with van der Waals surface area (Å²) in [6.07, 6.45) is 1.97. The summed E-state index contributed by atoms with van der Waals surface area (Å²) in [5.74, 6) is 2.11. The standard InChI is InChI=1S/C15H25N3O.HI/c1-13(2)9-11-18-15(16)17-10-6-12-19-14-7-4-3-5-8-14;/h3-5,7-8,13H,6,9-12H2,1-2H3,(H3,16,17,18);1H. The van der Waals surface area contributed by atoms with E-state index < -0.39 is 0 Å². The number of nitrogens with two attached hydrogens (primary N) is 1. The largest absolute Gasteiger partial charge is 0.494 e. The predicted octanol–water partition coefficient (Wildman–Crippen LogP) is 3.02. The number of rotatable bonds is 8. The number of halogens is 1. The second-order valence-corrected chi connectivity index (χ2v) is 4.89. The number of aliphatic imine (C=N–C) groups is 1. The summed E-state index contributed by atoms with van der Waals surface area (Å²) in [6.45, 7) is 6.61. The molecule has 0 fully saturated rings. The van der Waals surface area contributed by atoms with Gasteiger partial charge in [-0.25, -0.2) is 0 Å².